The molecule has 2 heterocycles. The van der Waals surface area contributed by atoms with Crippen LogP contribution in [0.1, 0.15) is 5.56 Å². The topological polar surface area (TPSA) is 16.8 Å². The summed E-state index contributed by atoms with van der Waals surface area (Å²) in [6, 6.07) is 21.4. The molecule has 0 atom stereocenters. The summed E-state index contributed by atoms with van der Waals surface area (Å²) in [5.41, 5.74) is 5.83. The van der Waals surface area contributed by atoms with Crippen LogP contribution in [0.4, 0.5) is 0 Å². The Kier molecular flexibility index (Phi) is 2.90. The first-order valence-corrected chi connectivity index (χ1v) is 7.47. The normalized spacial score (nSPS) is 11.2. The summed E-state index contributed by atoms with van der Waals surface area (Å²) in [6.07, 6.45) is 1.96. The molecule has 2 aromatic carbocycles. The first kappa shape index (κ1) is 13.0. The van der Waals surface area contributed by atoms with Gasteiger partial charge >= 0.3 is 0 Å². The minimum atomic E-state index is 1.05. The highest BCUT2D eigenvalue weighted by Gasteiger charge is 2.14. The fraction of sp³-hybridized carbons (Fsp3) is 0.100. The highest BCUT2D eigenvalue weighted by atomic mass is 14.9. The van der Waals surface area contributed by atoms with Crippen molar-refractivity contribution < 1.29 is 4.57 Å². The van der Waals surface area contributed by atoms with Crippen LogP contribution in [0.25, 0.3) is 33.1 Å². The van der Waals surface area contributed by atoms with Crippen LogP contribution in [-0.2, 0) is 7.05 Å². The molecule has 0 unspecified atom stereocenters. The molecule has 0 aliphatic heterocycles. The molecule has 2 aromatic heterocycles. The summed E-state index contributed by atoms with van der Waals surface area (Å²) in [5.74, 6) is 0. The second-order valence-electron chi connectivity index (χ2n) is 5.76. The summed E-state index contributed by atoms with van der Waals surface area (Å²) < 4.78 is 2.23. The van der Waals surface area contributed by atoms with Crippen molar-refractivity contribution in [3.8, 4) is 11.3 Å². The second-order valence-corrected chi connectivity index (χ2v) is 5.76. The third kappa shape index (κ3) is 2.04. The lowest BCUT2D eigenvalue weighted by Gasteiger charge is -2.05. The monoisotopic (exact) mass is 285 g/mol. The van der Waals surface area contributed by atoms with E-state index in [1.54, 1.807) is 0 Å². The van der Waals surface area contributed by atoms with E-state index in [1.807, 2.05) is 6.20 Å². The number of hydrogen-bond donors (Lipinski definition) is 0. The standard InChI is InChI=1S/C20H17N2/c1-14-7-8-16-12-17(13-21-18(16)11-14)20-10-9-15-5-3-4-6-19(15)22(20)2/h3-13H,1-2H3/q+1. The molecule has 0 N–H and O–H groups in total. The van der Waals surface area contributed by atoms with Gasteiger partial charge in [0.25, 0.3) is 0 Å². The average Bonchev–Trinajstić information content (AvgIpc) is 2.55. The molecule has 0 aliphatic rings. The van der Waals surface area contributed by atoms with E-state index in [2.05, 4.69) is 84.2 Å². The predicted molar refractivity (Wildman–Crippen MR) is 90.6 cm³/mol. The Labute approximate surface area is 129 Å². The maximum absolute atomic E-state index is 4.63. The van der Waals surface area contributed by atoms with E-state index < -0.39 is 0 Å². The van der Waals surface area contributed by atoms with Crippen LogP contribution in [0.2, 0.25) is 0 Å². The van der Waals surface area contributed by atoms with Crippen LogP contribution in [0.5, 0.6) is 0 Å². The summed E-state index contributed by atoms with van der Waals surface area (Å²) >= 11 is 0. The molecule has 0 saturated heterocycles. The summed E-state index contributed by atoms with van der Waals surface area (Å²) in [7, 11) is 2.11. The maximum Gasteiger partial charge on any atom is 0.214 e. The minimum absolute atomic E-state index is 1.05. The van der Waals surface area contributed by atoms with Crippen molar-refractivity contribution in [2.24, 2.45) is 7.05 Å². The quantitative estimate of drug-likeness (QED) is 0.479. The Morgan fingerprint density at radius 3 is 2.59 bits per heavy atom. The number of aryl methyl sites for hydroxylation is 2. The van der Waals surface area contributed by atoms with Crippen LogP contribution in [-0.4, -0.2) is 4.98 Å². The molecule has 106 valence electrons. The number of hydrogen-bond acceptors (Lipinski definition) is 1. The summed E-state index contributed by atoms with van der Waals surface area (Å²) in [6.45, 7) is 2.10. The smallest absolute Gasteiger partial charge is 0.214 e. The van der Waals surface area contributed by atoms with Crippen molar-refractivity contribution in [2.45, 2.75) is 6.92 Å². The molecular weight excluding hydrogens is 268 g/mol. The largest absolute Gasteiger partial charge is 0.255 e. The zero-order chi connectivity index (χ0) is 15.1. The van der Waals surface area contributed by atoms with Gasteiger partial charge in [0.15, 0.2) is 0 Å². The van der Waals surface area contributed by atoms with E-state index in [-0.39, 0.29) is 0 Å². The Bertz CT molecular complexity index is 1000. The molecule has 0 amide bonds. The van der Waals surface area contributed by atoms with E-state index >= 15 is 0 Å². The number of para-hydroxylation sites is 1. The number of fused-ring (bicyclic) bond motifs is 2. The first-order valence-electron chi connectivity index (χ1n) is 7.47. The Morgan fingerprint density at radius 1 is 0.864 bits per heavy atom. The van der Waals surface area contributed by atoms with E-state index in [9.17, 15) is 0 Å². The van der Waals surface area contributed by atoms with Gasteiger partial charge in [0, 0.05) is 29.1 Å². The van der Waals surface area contributed by atoms with Crippen molar-refractivity contribution in [3.63, 3.8) is 0 Å². The molecule has 0 fully saturated rings. The van der Waals surface area contributed by atoms with Crippen molar-refractivity contribution in [2.75, 3.05) is 0 Å². The molecule has 2 nitrogen and oxygen atoms in total. The van der Waals surface area contributed by atoms with Gasteiger partial charge in [-0.3, -0.25) is 4.98 Å². The van der Waals surface area contributed by atoms with Crippen molar-refractivity contribution in [1.82, 2.24) is 4.98 Å². The lowest BCUT2D eigenvalue weighted by Crippen LogP contribution is -2.31. The average molecular weight is 285 g/mol. The van der Waals surface area contributed by atoms with Gasteiger partial charge in [0.05, 0.1) is 11.1 Å². The lowest BCUT2D eigenvalue weighted by atomic mass is 10.1. The summed E-state index contributed by atoms with van der Waals surface area (Å²) in [4.78, 5) is 4.63. The third-order valence-corrected chi connectivity index (χ3v) is 4.22. The first-order chi connectivity index (χ1) is 10.7. The van der Waals surface area contributed by atoms with Crippen molar-refractivity contribution in [3.05, 3.63) is 72.4 Å². The Morgan fingerprint density at radius 2 is 1.68 bits per heavy atom. The van der Waals surface area contributed by atoms with Gasteiger partial charge in [-0.25, -0.2) is 0 Å². The molecule has 22 heavy (non-hydrogen) atoms. The molecule has 2 heteroatoms. The summed E-state index contributed by atoms with van der Waals surface area (Å²) in [5, 5.41) is 2.43. The number of benzene rings is 2. The lowest BCUT2D eigenvalue weighted by molar-refractivity contribution is -0.633. The van der Waals surface area contributed by atoms with Gasteiger partial charge < -0.3 is 0 Å². The fourth-order valence-corrected chi connectivity index (χ4v) is 3.01. The van der Waals surface area contributed by atoms with Gasteiger partial charge in [-0.2, -0.15) is 4.57 Å². The number of rotatable bonds is 1. The second kappa shape index (κ2) is 4.92. The van der Waals surface area contributed by atoms with Gasteiger partial charge in [0.2, 0.25) is 11.2 Å². The Hall–Kier alpha value is -2.74. The number of nitrogens with zero attached hydrogens (tertiary/aromatic N) is 2. The molecule has 0 spiro atoms. The minimum Gasteiger partial charge on any atom is -0.255 e. The van der Waals surface area contributed by atoms with Crippen LogP contribution in [0, 0.1) is 6.92 Å². The van der Waals surface area contributed by atoms with Gasteiger partial charge in [-0.05, 0) is 36.8 Å². The van der Waals surface area contributed by atoms with Crippen LogP contribution in [0.3, 0.4) is 0 Å². The molecule has 0 saturated carbocycles. The fourth-order valence-electron chi connectivity index (χ4n) is 3.01. The maximum atomic E-state index is 4.63. The van der Waals surface area contributed by atoms with Crippen molar-refractivity contribution in [1.29, 1.82) is 0 Å². The van der Waals surface area contributed by atoms with E-state index in [0.29, 0.717) is 0 Å². The Balaban J connectivity index is 1.94. The van der Waals surface area contributed by atoms with Gasteiger partial charge in [-0.1, -0.05) is 24.3 Å². The molecule has 0 radical (unpaired) electrons. The number of pyridine rings is 2. The van der Waals surface area contributed by atoms with Gasteiger partial charge in [0.1, 0.15) is 7.05 Å². The van der Waals surface area contributed by atoms with E-state index in [1.165, 1.54) is 27.5 Å². The van der Waals surface area contributed by atoms with E-state index in [4.69, 9.17) is 0 Å². The molecular formula is C20H17N2+. The van der Waals surface area contributed by atoms with Gasteiger partial charge in [-0.15, -0.1) is 0 Å². The van der Waals surface area contributed by atoms with E-state index in [0.717, 1.165) is 11.1 Å². The van der Waals surface area contributed by atoms with Crippen LogP contribution >= 0.6 is 0 Å². The SMILES string of the molecule is Cc1ccc2cc(-c3ccc4ccccc4[n+]3C)cnc2c1. The predicted octanol–water partition coefficient (Wildman–Crippen LogP) is 4.19. The number of aromatic nitrogens is 2. The van der Waals surface area contributed by atoms with Crippen LogP contribution in [0.15, 0.2) is 66.9 Å². The molecule has 0 aliphatic carbocycles. The van der Waals surface area contributed by atoms with Crippen LogP contribution < -0.4 is 4.57 Å². The third-order valence-electron chi connectivity index (χ3n) is 4.22. The van der Waals surface area contributed by atoms with Crippen molar-refractivity contribution >= 4 is 21.8 Å². The molecule has 4 aromatic rings. The zero-order valence-corrected chi connectivity index (χ0v) is 12.7. The highest BCUT2D eigenvalue weighted by Crippen LogP contribution is 2.22. The zero-order valence-electron chi connectivity index (χ0n) is 12.7. The molecule has 0 bridgehead atoms. The molecule has 4 rings (SSSR count). The highest BCUT2D eigenvalue weighted by molar-refractivity contribution is 5.84.